The second-order valence-electron chi connectivity index (χ2n) is 5.86. The van der Waals surface area contributed by atoms with Crippen molar-refractivity contribution in [1.82, 2.24) is 9.80 Å². The number of benzene rings is 1. The van der Waals surface area contributed by atoms with Crippen LogP contribution in [0.4, 0.5) is 5.69 Å². The molecule has 1 aromatic carbocycles. The van der Waals surface area contributed by atoms with Crippen molar-refractivity contribution in [2.45, 2.75) is 31.9 Å². The van der Waals surface area contributed by atoms with Gasteiger partial charge in [-0.25, -0.2) is 0 Å². The molecule has 0 spiro atoms. The third-order valence-corrected chi connectivity index (χ3v) is 4.22. The summed E-state index contributed by atoms with van der Waals surface area (Å²) in [6, 6.07) is 8.08. The predicted octanol–water partition coefficient (Wildman–Crippen LogP) is 1.72. The number of nitrogen functional groups attached to an aromatic ring is 1. The van der Waals surface area contributed by atoms with Gasteiger partial charge in [0.2, 0.25) is 0 Å². The first kappa shape index (κ1) is 15.3. The van der Waals surface area contributed by atoms with E-state index in [2.05, 4.69) is 23.8 Å². The van der Waals surface area contributed by atoms with Crippen LogP contribution in [-0.2, 0) is 0 Å². The third-order valence-electron chi connectivity index (χ3n) is 4.22. The first-order valence-corrected chi connectivity index (χ1v) is 7.56. The number of anilines is 1. The number of hydrogen-bond donors (Lipinski definition) is 2. The molecule has 2 unspecified atom stereocenters. The molecule has 1 fully saturated rings. The lowest BCUT2D eigenvalue weighted by atomic mass is 10.1. The number of β-amino-alcohol motifs (C(OH)–C–C–N with tert-alkyl or cyclic N) is 1. The minimum Gasteiger partial charge on any atom is -0.399 e. The fraction of sp³-hybridized carbons (Fsp3) is 0.625. The van der Waals surface area contributed by atoms with Gasteiger partial charge in [0.05, 0.1) is 6.10 Å². The van der Waals surface area contributed by atoms with Crippen LogP contribution < -0.4 is 5.73 Å². The number of nitrogens with two attached hydrogens (primary N) is 1. The Hall–Kier alpha value is -1.10. The Morgan fingerprint density at radius 1 is 1.30 bits per heavy atom. The van der Waals surface area contributed by atoms with E-state index in [-0.39, 0.29) is 0 Å². The number of aliphatic hydroxyl groups is 1. The summed E-state index contributed by atoms with van der Waals surface area (Å²) >= 11 is 0. The number of rotatable bonds is 4. The maximum atomic E-state index is 10.4. The predicted molar refractivity (Wildman–Crippen MR) is 83.6 cm³/mol. The van der Waals surface area contributed by atoms with E-state index in [4.69, 9.17) is 5.73 Å². The Bertz CT molecular complexity index is 407. The van der Waals surface area contributed by atoms with Crippen LogP contribution in [0.1, 0.15) is 31.4 Å². The lowest BCUT2D eigenvalue weighted by Crippen LogP contribution is -2.41. The van der Waals surface area contributed by atoms with Crippen LogP contribution in [0.3, 0.4) is 0 Å². The van der Waals surface area contributed by atoms with Crippen LogP contribution in [0, 0.1) is 0 Å². The lowest BCUT2D eigenvalue weighted by Gasteiger charge is -2.31. The van der Waals surface area contributed by atoms with E-state index in [0.29, 0.717) is 12.6 Å². The van der Waals surface area contributed by atoms with Crippen LogP contribution in [0.2, 0.25) is 0 Å². The van der Waals surface area contributed by atoms with E-state index in [0.717, 1.165) is 37.3 Å². The van der Waals surface area contributed by atoms with E-state index in [1.54, 1.807) is 0 Å². The fourth-order valence-corrected chi connectivity index (χ4v) is 2.97. The molecule has 0 amide bonds. The number of aliphatic hydroxyl groups excluding tert-OH is 1. The van der Waals surface area contributed by atoms with Gasteiger partial charge in [0.15, 0.2) is 0 Å². The van der Waals surface area contributed by atoms with Gasteiger partial charge in [-0.05, 0) is 50.7 Å². The second kappa shape index (κ2) is 7.07. The summed E-state index contributed by atoms with van der Waals surface area (Å²) in [7, 11) is 2.18. The van der Waals surface area contributed by atoms with Gasteiger partial charge in [0.1, 0.15) is 0 Å². The molecular formula is C16H27N3O. The molecule has 1 saturated heterocycles. The standard InChI is InChI=1S/C16H27N3O/c1-3-15-11-18(2)9-4-10-19(15)12-16(20)13-5-7-14(17)8-6-13/h5-8,15-16,20H,3-4,9-12,17H2,1-2H3. The van der Waals surface area contributed by atoms with Crippen molar-refractivity contribution in [2.24, 2.45) is 0 Å². The highest BCUT2D eigenvalue weighted by atomic mass is 16.3. The van der Waals surface area contributed by atoms with E-state index in [1.807, 2.05) is 24.3 Å². The summed E-state index contributed by atoms with van der Waals surface area (Å²) in [5.41, 5.74) is 7.38. The van der Waals surface area contributed by atoms with Crippen LogP contribution >= 0.6 is 0 Å². The van der Waals surface area contributed by atoms with Gasteiger partial charge in [0, 0.05) is 24.8 Å². The molecule has 112 valence electrons. The van der Waals surface area contributed by atoms with Gasteiger partial charge in [0.25, 0.3) is 0 Å². The number of likely N-dealkylation sites (N-methyl/N-ethyl adjacent to an activating group) is 1. The molecular weight excluding hydrogens is 250 g/mol. The van der Waals surface area contributed by atoms with Gasteiger partial charge in [-0.1, -0.05) is 19.1 Å². The zero-order chi connectivity index (χ0) is 14.5. The van der Waals surface area contributed by atoms with Crippen molar-refractivity contribution in [3.05, 3.63) is 29.8 Å². The van der Waals surface area contributed by atoms with Crippen LogP contribution in [0.25, 0.3) is 0 Å². The number of nitrogens with zero attached hydrogens (tertiary/aromatic N) is 2. The van der Waals surface area contributed by atoms with Crippen molar-refractivity contribution in [3.63, 3.8) is 0 Å². The molecule has 4 heteroatoms. The van der Waals surface area contributed by atoms with Crippen molar-refractivity contribution >= 4 is 5.69 Å². The molecule has 1 aromatic rings. The van der Waals surface area contributed by atoms with E-state index in [1.165, 1.54) is 6.42 Å². The highest BCUT2D eigenvalue weighted by molar-refractivity contribution is 5.39. The normalized spacial score (nSPS) is 23.4. The minimum absolute atomic E-state index is 0.437. The van der Waals surface area contributed by atoms with Gasteiger partial charge in [-0.15, -0.1) is 0 Å². The van der Waals surface area contributed by atoms with E-state index >= 15 is 0 Å². The van der Waals surface area contributed by atoms with Crippen molar-refractivity contribution in [2.75, 3.05) is 39.0 Å². The van der Waals surface area contributed by atoms with E-state index in [9.17, 15) is 5.11 Å². The Labute approximate surface area is 122 Å². The third kappa shape index (κ3) is 3.95. The summed E-state index contributed by atoms with van der Waals surface area (Å²) in [6.45, 7) is 6.23. The van der Waals surface area contributed by atoms with Gasteiger partial charge >= 0.3 is 0 Å². The maximum absolute atomic E-state index is 10.4. The number of hydrogen-bond acceptors (Lipinski definition) is 4. The molecule has 0 saturated carbocycles. The molecule has 1 aliphatic rings. The van der Waals surface area contributed by atoms with Gasteiger partial charge < -0.3 is 15.7 Å². The molecule has 0 radical (unpaired) electrons. The lowest BCUT2D eigenvalue weighted by molar-refractivity contribution is 0.0854. The van der Waals surface area contributed by atoms with Crippen molar-refractivity contribution in [1.29, 1.82) is 0 Å². The molecule has 3 N–H and O–H groups in total. The SMILES string of the molecule is CCC1CN(C)CCCN1CC(O)c1ccc(N)cc1. The summed E-state index contributed by atoms with van der Waals surface area (Å²) in [6.07, 6.45) is 1.85. The average Bonchev–Trinajstić information content (AvgIpc) is 2.61. The van der Waals surface area contributed by atoms with Crippen LogP contribution in [-0.4, -0.2) is 54.2 Å². The molecule has 0 aromatic heterocycles. The Balaban J connectivity index is 2.01. The second-order valence-corrected chi connectivity index (χ2v) is 5.86. The minimum atomic E-state index is -0.437. The average molecular weight is 277 g/mol. The van der Waals surface area contributed by atoms with Crippen LogP contribution in [0.5, 0.6) is 0 Å². The smallest absolute Gasteiger partial charge is 0.0917 e. The molecule has 0 aliphatic carbocycles. The molecule has 0 bridgehead atoms. The first-order valence-electron chi connectivity index (χ1n) is 7.56. The monoisotopic (exact) mass is 277 g/mol. The molecule has 1 aliphatic heterocycles. The molecule has 2 rings (SSSR count). The molecule has 4 nitrogen and oxygen atoms in total. The largest absolute Gasteiger partial charge is 0.399 e. The van der Waals surface area contributed by atoms with Gasteiger partial charge in [-0.3, -0.25) is 4.90 Å². The first-order chi connectivity index (χ1) is 9.60. The Morgan fingerprint density at radius 3 is 2.65 bits per heavy atom. The molecule has 2 atom stereocenters. The summed E-state index contributed by atoms with van der Waals surface area (Å²) in [5, 5.41) is 10.4. The zero-order valence-corrected chi connectivity index (χ0v) is 12.6. The zero-order valence-electron chi connectivity index (χ0n) is 12.6. The highest BCUT2D eigenvalue weighted by Gasteiger charge is 2.24. The van der Waals surface area contributed by atoms with E-state index < -0.39 is 6.10 Å². The highest BCUT2D eigenvalue weighted by Crippen LogP contribution is 2.20. The van der Waals surface area contributed by atoms with Crippen LogP contribution in [0.15, 0.2) is 24.3 Å². The summed E-state index contributed by atoms with van der Waals surface area (Å²) in [5.74, 6) is 0. The van der Waals surface area contributed by atoms with Crippen molar-refractivity contribution in [3.8, 4) is 0 Å². The quantitative estimate of drug-likeness (QED) is 0.823. The summed E-state index contributed by atoms with van der Waals surface area (Å²) < 4.78 is 0. The molecule has 1 heterocycles. The summed E-state index contributed by atoms with van der Waals surface area (Å²) in [4.78, 5) is 4.83. The fourth-order valence-electron chi connectivity index (χ4n) is 2.97. The Kier molecular flexibility index (Phi) is 5.40. The Morgan fingerprint density at radius 2 is 2.00 bits per heavy atom. The topological polar surface area (TPSA) is 52.7 Å². The molecule has 20 heavy (non-hydrogen) atoms. The van der Waals surface area contributed by atoms with Crippen molar-refractivity contribution < 1.29 is 5.11 Å². The maximum Gasteiger partial charge on any atom is 0.0917 e. The van der Waals surface area contributed by atoms with Gasteiger partial charge in [-0.2, -0.15) is 0 Å².